The molecule has 1 aliphatic rings. The SMILES string of the molecule is CC(C(=O)NCC1(O)CCC(C)(C)CC1)n1cccn1. The topological polar surface area (TPSA) is 67.2 Å². The van der Waals surface area contributed by atoms with Gasteiger partial charge in [-0.15, -0.1) is 0 Å². The van der Waals surface area contributed by atoms with Crippen molar-refractivity contribution >= 4 is 5.91 Å². The van der Waals surface area contributed by atoms with Crippen molar-refractivity contribution in [3.63, 3.8) is 0 Å². The molecule has 0 aliphatic heterocycles. The molecule has 112 valence electrons. The predicted molar refractivity (Wildman–Crippen MR) is 77.1 cm³/mol. The van der Waals surface area contributed by atoms with E-state index in [2.05, 4.69) is 24.3 Å². The second-order valence-electron chi connectivity index (χ2n) is 6.77. The molecule has 0 saturated heterocycles. The molecule has 1 saturated carbocycles. The predicted octanol–water partition coefficient (Wildman–Crippen LogP) is 1.89. The molecular weight excluding hydrogens is 254 g/mol. The molecule has 0 bridgehead atoms. The van der Waals surface area contributed by atoms with E-state index in [9.17, 15) is 9.90 Å². The van der Waals surface area contributed by atoms with Crippen molar-refractivity contribution in [1.82, 2.24) is 15.1 Å². The van der Waals surface area contributed by atoms with E-state index in [1.165, 1.54) is 0 Å². The summed E-state index contributed by atoms with van der Waals surface area (Å²) in [5.41, 5.74) is -0.451. The number of carbonyl (C=O) groups excluding carboxylic acids is 1. The molecule has 1 atom stereocenters. The van der Waals surface area contributed by atoms with E-state index in [0.717, 1.165) is 25.7 Å². The van der Waals surface area contributed by atoms with Crippen molar-refractivity contribution in [2.75, 3.05) is 6.54 Å². The fourth-order valence-corrected chi connectivity index (χ4v) is 2.60. The van der Waals surface area contributed by atoms with Crippen molar-refractivity contribution in [2.45, 2.75) is 58.1 Å². The number of nitrogens with zero attached hydrogens (tertiary/aromatic N) is 2. The highest BCUT2D eigenvalue weighted by molar-refractivity contribution is 5.79. The summed E-state index contributed by atoms with van der Waals surface area (Å²) in [5, 5.41) is 17.4. The van der Waals surface area contributed by atoms with Crippen molar-refractivity contribution in [3.8, 4) is 0 Å². The lowest BCUT2D eigenvalue weighted by molar-refractivity contribution is -0.126. The van der Waals surface area contributed by atoms with Gasteiger partial charge in [-0.05, 0) is 44.1 Å². The molecule has 2 rings (SSSR count). The number of amides is 1. The number of aliphatic hydroxyl groups is 1. The Bertz CT molecular complexity index is 444. The summed E-state index contributed by atoms with van der Waals surface area (Å²) in [5.74, 6) is -0.105. The minimum Gasteiger partial charge on any atom is -0.388 e. The summed E-state index contributed by atoms with van der Waals surface area (Å²) in [6, 6.07) is 1.44. The van der Waals surface area contributed by atoms with Crippen molar-refractivity contribution in [1.29, 1.82) is 0 Å². The third kappa shape index (κ3) is 3.60. The van der Waals surface area contributed by atoms with Gasteiger partial charge in [-0.2, -0.15) is 5.10 Å². The number of rotatable bonds is 4. The lowest BCUT2D eigenvalue weighted by atomic mass is 9.71. The summed E-state index contributed by atoms with van der Waals surface area (Å²) in [7, 11) is 0. The summed E-state index contributed by atoms with van der Waals surface area (Å²) < 4.78 is 1.61. The summed E-state index contributed by atoms with van der Waals surface area (Å²) in [4.78, 5) is 12.1. The van der Waals surface area contributed by atoms with Crippen LogP contribution < -0.4 is 5.32 Å². The molecule has 0 spiro atoms. The average molecular weight is 279 g/mol. The Kier molecular flexibility index (Phi) is 4.18. The first-order valence-electron chi connectivity index (χ1n) is 7.31. The van der Waals surface area contributed by atoms with Gasteiger partial charge in [-0.3, -0.25) is 9.48 Å². The molecule has 1 heterocycles. The van der Waals surface area contributed by atoms with Crippen molar-refractivity contribution in [2.24, 2.45) is 5.41 Å². The smallest absolute Gasteiger partial charge is 0.244 e. The van der Waals surface area contributed by atoms with Crippen LogP contribution >= 0.6 is 0 Å². The first-order valence-corrected chi connectivity index (χ1v) is 7.31. The summed E-state index contributed by atoms with van der Waals surface area (Å²) in [6.45, 7) is 6.58. The van der Waals surface area contributed by atoms with Gasteiger partial charge in [0.1, 0.15) is 6.04 Å². The van der Waals surface area contributed by atoms with E-state index in [1.54, 1.807) is 30.1 Å². The van der Waals surface area contributed by atoms with Crippen LogP contribution in [-0.4, -0.2) is 32.9 Å². The molecule has 5 nitrogen and oxygen atoms in total. The van der Waals surface area contributed by atoms with Crippen LogP contribution in [0.5, 0.6) is 0 Å². The minimum atomic E-state index is -0.755. The number of nitrogens with one attached hydrogen (secondary N) is 1. The highest BCUT2D eigenvalue weighted by atomic mass is 16.3. The van der Waals surface area contributed by atoms with Gasteiger partial charge in [0, 0.05) is 18.9 Å². The highest BCUT2D eigenvalue weighted by Gasteiger charge is 2.37. The zero-order chi connectivity index (χ0) is 14.8. The largest absolute Gasteiger partial charge is 0.388 e. The van der Waals surface area contributed by atoms with Gasteiger partial charge in [0.25, 0.3) is 0 Å². The van der Waals surface area contributed by atoms with Crippen LogP contribution in [0.1, 0.15) is 52.5 Å². The van der Waals surface area contributed by atoms with Crippen LogP contribution in [0.15, 0.2) is 18.5 Å². The molecule has 1 amide bonds. The van der Waals surface area contributed by atoms with Gasteiger partial charge >= 0.3 is 0 Å². The van der Waals surface area contributed by atoms with Gasteiger partial charge < -0.3 is 10.4 Å². The van der Waals surface area contributed by atoms with Crippen molar-refractivity contribution in [3.05, 3.63) is 18.5 Å². The Morgan fingerprint density at radius 1 is 1.40 bits per heavy atom. The van der Waals surface area contributed by atoms with Gasteiger partial charge in [-0.25, -0.2) is 0 Å². The van der Waals surface area contributed by atoms with E-state index in [0.29, 0.717) is 12.0 Å². The van der Waals surface area contributed by atoms with Gasteiger partial charge in [0.15, 0.2) is 0 Å². The van der Waals surface area contributed by atoms with Crippen LogP contribution in [0.4, 0.5) is 0 Å². The molecule has 1 aliphatic carbocycles. The van der Waals surface area contributed by atoms with E-state index in [-0.39, 0.29) is 11.9 Å². The average Bonchev–Trinajstić information content (AvgIpc) is 2.93. The summed E-state index contributed by atoms with van der Waals surface area (Å²) in [6.07, 6.45) is 6.90. The maximum Gasteiger partial charge on any atom is 0.244 e. The fraction of sp³-hybridized carbons (Fsp3) is 0.733. The molecule has 1 fully saturated rings. The second-order valence-corrected chi connectivity index (χ2v) is 6.77. The molecule has 0 radical (unpaired) electrons. The van der Waals surface area contributed by atoms with Crippen LogP contribution in [0, 0.1) is 5.41 Å². The lowest BCUT2D eigenvalue weighted by Crippen LogP contribution is -2.47. The summed E-state index contributed by atoms with van der Waals surface area (Å²) >= 11 is 0. The van der Waals surface area contributed by atoms with E-state index in [1.807, 2.05) is 0 Å². The Balaban J connectivity index is 1.84. The number of hydrogen-bond acceptors (Lipinski definition) is 3. The quantitative estimate of drug-likeness (QED) is 0.884. The molecular formula is C15H25N3O2. The van der Waals surface area contributed by atoms with Crippen LogP contribution in [0.25, 0.3) is 0 Å². The third-order valence-electron chi connectivity index (χ3n) is 4.43. The van der Waals surface area contributed by atoms with E-state index in [4.69, 9.17) is 0 Å². The first-order chi connectivity index (χ1) is 9.31. The lowest BCUT2D eigenvalue weighted by Gasteiger charge is -2.40. The Morgan fingerprint density at radius 3 is 2.60 bits per heavy atom. The maximum absolute atomic E-state index is 12.1. The molecule has 0 aromatic carbocycles. The second kappa shape index (κ2) is 5.56. The minimum absolute atomic E-state index is 0.105. The number of aromatic nitrogens is 2. The zero-order valence-corrected chi connectivity index (χ0v) is 12.6. The van der Waals surface area contributed by atoms with Gasteiger partial charge in [0.2, 0.25) is 5.91 Å². The van der Waals surface area contributed by atoms with E-state index < -0.39 is 5.60 Å². The first kappa shape index (κ1) is 15.0. The highest BCUT2D eigenvalue weighted by Crippen LogP contribution is 2.39. The maximum atomic E-state index is 12.1. The fourth-order valence-electron chi connectivity index (χ4n) is 2.60. The normalized spacial score (nSPS) is 22.2. The molecule has 1 aromatic rings. The van der Waals surface area contributed by atoms with Crippen molar-refractivity contribution < 1.29 is 9.90 Å². The molecule has 20 heavy (non-hydrogen) atoms. The molecule has 2 N–H and O–H groups in total. The van der Waals surface area contributed by atoms with Gasteiger partial charge in [0.05, 0.1) is 5.60 Å². The third-order valence-corrected chi connectivity index (χ3v) is 4.43. The Labute approximate surface area is 120 Å². The van der Waals surface area contributed by atoms with Crippen LogP contribution in [-0.2, 0) is 4.79 Å². The standard InChI is InChI=1S/C15H25N3O2/c1-12(18-10-4-9-17-18)13(19)16-11-15(20)7-5-14(2,3)6-8-15/h4,9-10,12,20H,5-8,11H2,1-3H3,(H,16,19). The Hall–Kier alpha value is -1.36. The van der Waals surface area contributed by atoms with Crippen LogP contribution in [0.2, 0.25) is 0 Å². The van der Waals surface area contributed by atoms with E-state index >= 15 is 0 Å². The Morgan fingerprint density at radius 2 is 2.05 bits per heavy atom. The van der Waals surface area contributed by atoms with Crippen LogP contribution in [0.3, 0.4) is 0 Å². The molecule has 5 heteroatoms. The molecule has 1 unspecified atom stereocenters. The monoisotopic (exact) mass is 279 g/mol. The zero-order valence-electron chi connectivity index (χ0n) is 12.6. The molecule has 1 aromatic heterocycles. The van der Waals surface area contributed by atoms with Gasteiger partial charge in [-0.1, -0.05) is 13.8 Å². The number of carbonyl (C=O) groups is 1. The number of hydrogen-bond donors (Lipinski definition) is 2.